The van der Waals surface area contributed by atoms with Crippen LogP contribution in [0.25, 0.3) is 0 Å². The first-order valence-electron chi connectivity index (χ1n) is 5.66. The molecular weight excluding hydrogens is 331 g/mol. The summed E-state index contributed by atoms with van der Waals surface area (Å²) in [5, 5.41) is 2.90. The standard InChI is InChI=1S/C12H23IN2O2/c1-11(2,3)15(6)10(17)8-14-7-9(16)12(4,5)13/h14H,7-8H2,1-6H3. The minimum atomic E-state index is -0.385. The van der Waals surface area contributed by atoms with Crippen LogP contribution in [0, 0.1) is 0 Å². The van der Waals surface area contributed by atoms with Crippen LogP contribution in [0.5, 0.6) is 0 Å². The highest BCUT2D eigenvalue weighted by Gasteiger charge is 2.24. The van der Waals surface area contributed by atoms with E-state index >= 15 is 0 Å². The summed E-state index contributed by atoms with van der Waals surface area (Å²) in [6, 6.07) is 0. The summed E-state index contributed by atoms with van der Waals surface area (Å²) >= 11 is 2.10. The molecule has 1 N–H and O–H groups in total. The van der Waals surface area contributed by atoms with Gasteiger partial charge in [-0.3, -0.25) is 9.59 Å². The molecule has 4 nitrogen and oxygen atoms in total. The van der Waals surface area contributed by atoms with Gasteiger partial charge in [-0.2, -0.15) is 0 Å². The molecule has 0 aromatic carbocycles. The molecule has 0 aliphatic heterocycles. The first-order valence-corrected chi connectivity index (χ1v) is 6.73. The Morgan fingerprint density at radius 2 is 1.59 bits per heavy atom. The fourth-order valence-corrected chi connectivity index (χ4v) is 1.18. The van der Waals surface area contributed by atoms with E-state index in [1.165, 1.54) is 0 Å². The largest absolute Gasteiger partial charge is 0.340 e. The molecule has 0 aliphatic carbocycles. The molecule has 5 heteroatoms. The Balaban J connectivity index is 4.08. The van der Waals surface area contributed by atoms with E-state index in [9.17, 15) is 9.59 Å². The van der Waals surface area contributed by atoms with Gasteiger partial charge in [-0.05, 0) is 34.6 Å². The molecule has 0 spiro atoms. The van der Waals surface area contributed by atoms with Gasteiger partial charge in [0.05, 0.1) is 16.5 Å². The smallest absolute Gasteiger partial charge is 0.236 e. The molecule has 0 bridgehead atoms. The second-order valence-corrected chi connectivity index (χ2v) is 8.32. The van der Waals surface area contributed by atoms with Crippen molar-refractivity contribution in [1.82, 2.24) is 10.2 Å². The predicted octanol–water partition coefficient (Wildman–Crippen LogP) is 1.62. The van der Waals surface area contributed by atoms with Crippen LogP contribution < -0.4 is 5.32 Å². The lowest BCUT2D eigenvalue weighted by atomic mass is 10.1. The lowest BCUT2D eigenvalue weighted by Gasteiger charge is -2.32. The average Bonchev–Trinajstić information content (AvgIpc) is 2.13. The van der Waals surface area contributed by atoms with Crippen molar-refractivity contribution in [2.45, 2.75) is 43.6 Å². The molecule has 17 heavy (non-hydrogen) atoms. The molecule has 0 fully saturated rings. The van der Waals surface area contributed by atoms with Crippen LogP contribution in [-0.2, 0) is 9.59 Å². The number of hydrogen-bond donors (Lipinski definition) is 1. The Morgan fingerprint density at radius 3 is 1.94 bits per heavy atom. The van der Waals surface area contributed by atoms with Gasteiger partial charge in [0.15, 0.2) is 5.78 Å². The summed E-state index contributed by atoms with van der Waals surface area (Å²) in [6.07, 6.45) is 0. The molecule has 0 radical (unpaired) electrons. The van der Waals surface area contributed by atoms with E-state index in [1.54, 1.807) is 11.9 Å². The number of halogens is 1. The lowest BCUT2D eigenvalue weighted by Crippen LogP contribution is -2.47. The molecule has 0 atom stereocenters. The number of alkyl halides is 1. The highest BCUT2D eigenvalue weighted by atomic mass is 127. The quantitative estimate of drug-likeness (QED) is 0.603. The van der Waals surface area contributed by atoms with Crippen molar-refractivity contribution in [1.29, 1.82) is 0 Å². The number of carbonyl (C=O) groups excluding carboxylic acids is 2. The zero-order valence-corrected chi connectivity index (χ0v) is 13.7. The summed E-state index contributed by atoms with van der Waals surface area (Å²) < 4.78 is -0.385. The second-order valence-electron chi connectivity index (χ2n) is 5.62. The summed E-state index contributed by atoms with van der Waals surface area (Å²) in [6.45, 7) is 10.1. The molecule has 1 amide bonds. The normalized spacial score (nSPS) is 12.4. The molecule has 0 aromatic heterocycles. The van der Waals surface area contributed by atoms with Crippen molar-refractivity contribution in [2.24, 2.45) is 0 Å². The van der Waals surface area contributed by atoms with Gasteiger partial charge >= 0.3 is 0 Å². The molecule has 0 unspecified atom stereocenters. The third kappa shape index (κ3) is 6.35. The second kappa shape index (κ2) is 6.13. The van der Waals surface area contributed by atoms with Crippen molar-refractivity contribution >= 4 is 34.3 Å². The number of Topliss-reactive ketones (excluding diaryl/α,β-unsaturated/α-hetero) is 1. The van der Waals surface area contributed by atoms with Crippen LogP contribution >= 0.6 is 22.6 Å². The highest BCUT2D eigenvalue weighted by molar-refractivity contribution is 14.1. The fraction of sp³-hybridized carbons (Fsp3) is 0.833. The van der Waals surface area contributed by atoms with Gasteiger partial charge in [-0.1, -0.05) is 22.6 Å². The van der Waals surface area contributed by atoms with Crippen molar-refractivity contribution in [3.63, 3.8) is 0 Å². The number of amides is 1. The van der Waals surface area contributed by atoms with E-state index in [4.69, 9.17) is 0 Å². The molecule has 0 saturated carbocycles. The Hall–Kier alpha value is -0.170. The SMILES string of the molecule is CN(C(=O)CNCC(=O)C(C)(C)I)C(C)(C)C. The minimum Gasteiger partial charge on any atom is -0.340 e. The van der Waals surface area contributed by atoms with E-state index in [0.29, 0.717) is 0 Å². The highest BCUT2D eigenvalue weighted by Crippen LogP contribution is 2.17. The maximum absolute atomic E-state index is 11.8. The number of ketones is 1. The maximum atomic E-state index is 11.8. The van der Waals surface area contributed by atoms with Gasteiger partial charge < -0.3 is 10.2 Å². The zero-order chi connectivity index (χ0) is 13.9. The summed E-state index contributed by atoms with van der Waals surface area (Å²) in [4.78, 5) is 25.1. The first-order chi connectivity index (χ1) is 7.46. The zero-order valence-electron chi connectivity index (χ0n) is 11.6. The van der Waals surface area contributed by atoms with Crippen molar-refractivity contribution in [3.8, 4) is 0 Å². The van der Waals surface area contributed by atoms with Gasteiger partial charge in [0.2, 0.25) is 5.91 Å². The monoisotopic (exact) mass is 354 g/mol. The Labute approximate surface area is 118 Å². The van der Waals surface area contributed by atoms with Gasteiger partial charge in [0, 0.05) is 12.6 Å². The average molecular weight is 354 g/mol. The number of likely N-dealkylation sites (N-methyl/N-ethyl adjacent to an activating group) is 1. The van der Waals surface area contributed by atoms with Crippen molar-refractivity contribution < 1.29 is 9.59 Å². The number of carbonyl (C=O) groups is 2. The van der Waals surface area contributed by atoms with Crippen LogP contribution in [0.4, 0.5) is 0 Å². The fourth-order valence-electron chi connectivity index (χ4n) is 0.986. The molecule has 0 rings (SSSR count). The lowest BCUT2D eigenvalue weighted by molar-refractivity contribution is -0.133. The first kappa shape index (κ1) is 16.8. The van der Waals surface area contributed by atoms with Crippen molar-refractivity contribution in [3.05, 3.63) is 0 Å². The van der Waals surface area contributed by atoms with Crippen LogP contribution in [0.2, 0.25) is 0 Å². The number of hydrogen-bond acceptors (Lipinski definition) is 3. The molecule has 0 aromatic rings. The summed E-state index contributed by atoms with van der Waals surface area (Å²) in [7, 11) is 1.77. The van der Waals surface area contributed by atoms with Crippen LogP contribution in [0.3, 0.4) is 0 Å². The molecular formula is C12H23IN2O2. The Morgan fingerprint density at radius 1 is 1.12 bits per heavy atom. The molecule has 0 heterocycles. The molecule has 100 valence electrons. The van der Waals surface area contributed by atoms with Gasteiger partial charge in [-0.15, -0.1) is 0 Å². The van der Waals surface area contributed by atoms with E-state index in [0.717, 1.165) is 0 Å². The number of nitrogens with zero attached hydrogens (tertiary/aromatic N) is 1. The van der Waals surface area contributed by atoms with E-state index in [1.807, 2.05) is 34.6 Å². The van der Waals surface area contributed by atoms with E-state index in [2.05, 4.69) is 27.9 Å². The maximum Gasteiger partial charge on any atom is 0.236 e. The van der Waals surface area contributed by atoms with Gasteiger partial charge in [-0.25, -0.2) is 0 Å². The molecule has 0 aliphatic rings. The van der Waals surface area contributed by atoms with Gasteiger partial charge in [0.1, 0.15) is 0 Å². The predicted molar refractivity (Wildman–Crippen MR) is 78.5 cm³/mol. The third-order valence-corrected chi connectivity index (χ3v) is 3.21. The number of rotatable bonds is 5. The third-order valence-electron chi connectivity index (χ3n) is 2.61. The van der Waals surface area contributed by atoms with Crippen LogP contribution in [0.15, 0.2) is 0 Å². The van der Waals surface area contributed by atoms with Crippen molar-refractivity contribution in [2.75, 3.05) is 20.1 Å². The van der Waals surface area contributed by atoms with Gasteiger partial charge in [0.25, 0.3) is 0 Å². The Kier molecular flexibility index (Phi) is 6.07. The summed E-state index contributed by atoms with van der Waals surface area (Å²) in [5.74, 6) is 0.0980. The topological polar surface area (TPSA) is 49.4 Å². The molecule has 0 saturated heterocycles. The number of nitrogens with one attached hydrogen (secondary N) is 1. The van der Waals surface area contributed by atoms with E-state index < -0.39 is 0 Å². The van der Waals surface area contributed by atoms with Crippen LogP contribution in [-0.4, -0.2) is 45.7 Å². The summed E-state index contributed by atoms with van der Waals surface area (Å²) in [5.41, 5.74) is -0.189. The van der Waals surface area contributed by atoms with E-state index in [-0.39, 0.29) is 33.7 Å². The van der Waals surface area contributed by atoms with Crippen LogP contribution in [0.1, 0.15) is 34.6 Å². The Bertz CT molecular complexity index is 290. The minimum absolute atomic E-state index is 0.00318.